The quantitative estimate of drug-likeness (QED) is 0.776. The van der Waals surface area contributed by atoms with Crippen LogP contribution in [0.5, 0.6) is 0 Å². The van der Waals surface area contributed by atoms with Gasteiger partial charge in [0, 0.05) is 39.9 Å². The summed E-state index contributed by atoms with van der Waals surface area (Å²) in [5.74, 6) is -0.517. The highest BCUT2D eigenvalue weighted by Crippen LogP contribution is 2.32. The minimum Gasteiger partial charge on any atom is -0.444 e. The number of hydrogen-bond acceptors (Lipinski definition) is 4. The Morgan fingerprint density at radius 1 is 1.25 bits per heavy atom. The summed E-state index contributed by atoms with van der Waals surface area (Å²) in [6, 6.07) is 0. The second kappa shape index (κ2) is 8.00. The van der Waals surface area contributed by atoms with Crippen LogP contribution < -0.4 is 0 Å². The van der Waals surface area contributed by atoms with Crippen LogP contribution in [0.2, 0.25) is 0 Å². The van der Waals surface area contributed by atoms with Gasteiger partial charge in [0.25, 0.3) is 5.91 Å². The molecule has 7 nitrogen and oxygen atoms in total. The highest BCUT2D eigenvalue weighted by molar-refractivity contribution is 5.95. The molecule has 10 heteroatoms. The summed E-state index contributed by atoms with van der Waals surface area (Å²) >= 11 is 0. The largest absolute Gasteiger partial charge is 0.444 e. The molecule has 0 aromatic carbocycles. The average molecular weight is 404 g/mol. The van der Waals surface area contributed by atoms with Gasteiger partial charge in [-0.25, -0.2) is 4.79 Å². The molecule has 1 aromatic heterocycles. The van der Waals surface area contributed by atoms with Gasteiger partial charge in [-0.1, -0.05) is 0 Å². The zero-order chi connectivity index (χ0) is 21.3. The van der Waals surface area contributed by atoms with Crippen molar-refractivity contribution >= 4 is 12.0 Å². The Kier molecular flexibility index (Phi) is 6.30. The fourth-order valence-corrected chi connectivity index (χ4v) is 3.15. The number of halogens is 3. The van der Waals surface area contributed by atoms with Gasteiger partial charge in [-0.3, -0.25) is 9.48 Å². The predicted molar refractivity (Wildman–Crippen MR) is 95.7 cm³/mol. The highest BCUT2D eigenvalue weighted by Gasteiger charge is 2.40. The fourth-order valence-electron chi connectivity index (χ4n) is 3.15. The molecule has 2 amide bonds. The number of likely N-dealkylation sites (tertiary alicyclic amines) is 1. The van der Waals surface area contributed by atoms with Crippen molar-refractivity contribution in [2.75, 3.05) is 26.7 Å². The monoisotopic (exact) mass is 404 g/mol. The average Bonchev–Trinajstić information content (AvgIpc) is 2.95. The van der Waals surface area contributed by atoms with E-state index in [2.05, 4.69) is 5.10 Å². The minimum atomic E-state index is -4.68. The number of carbonyl (C=O) groups excluding carboxylic acids is 2. The van der Waals surface area contributed by atoms with E-state index in [4.69, 9.17) is 4.74 Å². The SMILES string of the molecule is CN(CC1CCN(C(=O)c2cn(C)nc2C(F)(F)F)CC1)C(=O)OC(C)(C)C. The Balaban J connectivity index is 1.94. The summed E-state index contributed by atoms with van der Waals surface area (Å²) in [7, 11) is 3.00. The number of carbonyl (C=O) groups is 2. The lowest BCUT2D eigenvalue weighted by Gasteiger charge is -2.34. The molecule has 1 fully saturated rings. The Labute approximate surface area is 162 Å². The lowest BCUT2D eigenvalue weighted by atomic mass is 9.96. The van der Waals surface area contributed by atoms with Crippen molar-refractivity contribution in [1.29, 1.82) is 0 Å². The maximum Gasteiger partial charge on any atom is 0.435 e. The number of hydrogen-bond donors (Lipinski definition) is 0. The molecular formula is C18H27F3N4O3. The first-order valence-corrected chi connectivity index (χ1v) is 9.12. The molecule has 0 unspecified atom stereocenters. The fraction of sp³-hybridized carbons (Fsp3) is 0.722. The zero-order valence-electron chi connectivity index (χ0n) is 16.8. The first kappa shape index (κ1) is 22.0. The van der Waals surface area contributed by atoms with Gasteiger partial charge in [0.05, 0.1) is 5.56 Å². The molecule has 0 N–H and O–H groups in total. The van der Waals surface area contributed by atoms with Crippen LogP contribution in [0, 0.1) is 5.92 Å². The standard InChI is InChI=1S/C18H27F3N4O3/c1-17(2,3)28-16(27)23(4)10-12-6-8-25(9-7-12)15(26)13-11-24(5)22-14(13)18(19,20)21/h11-12H,6-10H2,1-5H3. The van der Waals surface area contributed by atoms with Crippen LogP contribution in [0.3, 0.4) is 0 Å². The lowest BCUT2D eigenvalue weighted by molar-refractivity contribution is -0.141. The van der Waals surface area contributed by atoms with Crippen LogP contribution in [0.15, 0.2) is 6.20 Å². The molecule has 28 heavy (non-hydrogen) atoms. The van der Waals surface area contributed by atoms with Gasteiger partial charge in [0.1, 0.15) is 5.60 Å². The Morgan fingerprint density at radius 2 is 1.82 bits per heavy atom. The summed E-state index contributed by atoms with van der Waals surface area (Å²) < 4.78 is 45.6. The van der Waals surface area contributed by atoms with Crippen molar-refractivity contribution in [1.82, 2.24) is 19.6 Å². The Morgan fingerprint density at radius 3 is 2.32 bits per heavy atom. The minimum absolute atomic E-state index is 0.151. The van der Waals surface area contributed by atoms with Crippen molar-refractivity contribution in [2.24, 2.45) is 13.0 Å². The first-order valence-electron chi connectivity index (χ1n) is 9.12. The summed E-state index contributed by atoms with van der Waals surface area (Å²) in [6.07, 6.45) is -2.80. The normalized spacial score (nSPS) is 16.2. The van der Waals surface area contributed by atoms with E-state index < -0.39 is 35.0 Å². The molecule has 2 heterocycles. The molecular weight excluding hydrogens is 377 g/mol. The van der Waals surface area contributed by atoms with E-state index in [0.717, 1.165) is 10.9 Å². The maximum absolute atomic E-state index is 13.1. The van der Waals surface area contributed by atoms with Crippen molar-refractivity contribution < 1.29 is 27.5 Å². The number of amides is 2. The van der Waals surface area contributed by atoms with E-state index in [9.17, 15) is 22.8 Å². The topological polar surface area (TPSA) is 67.7 Å². The van der Waals surface area contributed by atoms with Crippen LogP contribution in [0.4, 0.5) is 18.0 Å². The number of nitrogens with zero attached hydrogens (tertiary/aromatic N) is 4. The van der Waals surface area contributed by atoms with Crippen molar-refractivity contribution in [3.05, 3.63) is 17.5 Å². The highest BCUT2D eigenvalue weighted by atomic mass is 19.4. The number of piperidine rings is 1. The van der Waals surface area contributed by atoms with Gasteiger partial charge >= 0.3 is 12.3 Å². The zero-order valence-corrected chi connectivity index (χ0v) is 16.8. The molecule has 1 aliphatic rings. The first-order chi connectivity index (χ1) is 12.8. The molecule has 0 spiro atoms. The van der Waals surface area contributed by atoms with Crippen molar-refractivity contribution in [3.63, 3.8) is 0 Å². The van der Waals surface area contributed by atoms with E-state index in [1.54, 1.807) is 27.8 Å². The molecule has 0 radical (unpaired) electrons. The molecule has 2 rings (SSSR count). The summed E-state index contributed by atoms with van der Waals surface area (Å²) in [4.78, 5) is 27.5. The summed E-state index contributed by atoms with van der Waals surface area (Å²) in [6.45, 7) is 6.50. The summed E-state index contributed by atoms with van der Waals surface area (Å²) in [5, 5.41) is 3.39. The van der Waals surface area contributed by atoms with Crippen molar-refractivity contribution in [3.8, 4) is 0 Å². The molecule has 0 aliphatic carbocycles. The third kappa shape index (κ3) is 5.62. The van der Waals surface area contributed by atoms with E-state index in [-0.39, 0.29) is 5.92 Å². The Bertz CT molecular complexity index is 717. The summed E-state index contributed by atoms with van der Waals surface area (Å²) in [5.41, 5.74) is -2.17. The van der Waals surface area contributed by atoms with E-state index in [1.807, 2.05) is 0 Å². The molecule has 0 bridgehead atoms. The van der Waals surface area contributed by atoms with Gasteiger partial charge in [-0.2, -0.15) is 18.3 Å². The number of alkyl halides is 3. The van der Waals surface area contributed by atoms with Gasteiger partial charge < -0.3 is 14.5 Å². The number of aryl methyl sites for hydroxylation is 1. The molecule has 1 saturated heterocycles. The Hall–Kier alpha value is -2.26. The molecule has 1 aromatic rings. The second-order valence-electron chi connectivity index (χ2n) is 8.16. The van der Waals surface area contributed by atoms with Crippen LogP contribution in [-0.4, -0.2) is 63.9 Å². The number of aromatic nitrogens is 2. The van der Waals surface area contributed by atoms with E-state index >= 15 is 0 Å². The lowest BCUT2D eigenvalue weighted by Crippen LogP contribution is -2.43. The van der Waals surface area contributed by atoms with Crippen LogP contribution in [-0.2, 0) is 18.0 Å². The van der Waals surface area contributed by atoms with Gasteiger partial charge in [-0.15, -0.1) is 0 Å². The van der Waals surface area contributed by atoms with Crippen molar-refractivity contribution in [2.45, 2.75) is 45.4 Å². The molecule has 158 valence electrons. The molecule has 0 saturated carbocycles. The second-order valence-corrected chi connectivity index (χ2v) is 8.16. The van der Waals surface area contributed by atoms with Gasteiger partial charge in [-0.05, 0) is 39.5 Å². The third-order valence-electron chi connectivity index (χ3n) is 4.47. The van der Waals surface area contributed by atoms with Crippen LogP contribution in [0.25, 0.3) is 0 Å². The molecule has 1 aliphatic heterocycles. The third-order valence-corrected chi connectivity index (χ3v) is 4.47. The molecule has 0 atom stereocenters. The predicted octanol–water partition coefficient (Wildman–Crippen LogP) is 3.16. The van der Waals surface area contributed by atoms with Gasteiger partial charge in [0.2, 0.25) is 0 Å². The smallest absolute Gasteiger partial charge is 0.435 e. The van der Waals surface area contributed by atoms with E-state index in [0.29, 0.717) is 32.5 Å². The van der Waals surface area contributed by atoms with Crippen LogP contribution in [0.1, 0.15) is 49.7 Å². The number of rotatable bonds is 3. The van der Waals surface area contributed by atoms with E-state index in [1.165, 1.54) is 16.8 Å². The van der Waals surface area contributed by atoms with Gasteiger partial charge in [0.15, 0.2) is 5.69 Å². The van der Waals surface area contributed by atoms with Crippen LogP contribution >= 0.6 is 0 Å². The number of ether oxygens (including phenoxy) is 1. The maximum atomic E-state index is 13.1.